The maximum atomic E-state index is 11.8. The van der Waals surface area contributed by atoms with E-state index in [-0.39, 0.29) is 11.9 Å². The monoisotopic (exact) mass is 242 g/mol. The van der Waals surface area contributed by atoms with Crippen molar-refractivity contribution in [1.29, 1.82) is 0 Å². The molecule has 3 heteroatoms. The number of amides is 1. The summed E-state index contributed by atoms with van der Waals surface area (Å²) >= 11 is 0. The van der Waals surface area contributed by atoms with Crippen LogP contribution < -0.4 is 10.6 Å². The van der Waals surface area contributed by atoms with Crippen LogP contribution in [-0.2, 0) is 4.79 Å². The first kappa shape index (κ1) is 16.4. The zero-order valence-electron chi connectivity index (χ0n) is 12.3. The molecule has 0 saturated carbocycles. The number of hydrogen-bond donors (Lipinski definition) is 2. The number of hydrogen-bond acceptors (Lipinski definition) is 2. The molecule has 0 aromatic rings. The van der Waals surface area contributed by atoms with Crippen molar-refractivity contribution >= 4 is 5.91 Å². The van der Waals surface area contributed by atoms with E-state index in [9.17, 15) is 4.79 Å². The summed E-state index contributed by atoms with van der Waals surface area (Å²) in [5.41, 5.74) is 0. The molecule has 3 nitrogen and oxygen atoms in total. The molecule has 2 atom stereocenters. The van der Waals surface area contributed by atoms with Crippen LogP contribution in [0, 0.1) is 11.8 Å². The van der Waals surface area contributed by atoms with Crippen molar-refractivity contribution in [1.82, 2.24) is 10.6 Å². The van der Waals surface area contributed by atoms with Gasteiger partial charge in [-0.2, -0.15) is 0 Å². The highest BCUT2D eigenvalue weighted by atomic mass is 16.2. The Kier molecular flexibility index (Phi) is 8.23. The summed E-state index contributed by atoms with van der Waals surface area (Å²) < 4.78 is 0. The van der Waals surface area contributed by atoms with Crippen molar-refractivity contribution in [3.63, 3.8) is 0 Å². The van der Waals surface area contributed by atoms with Gasteiger partial charge in [-0.25, -0.2) is 0 Å². The van der Waals surface area contributed by atoms with Crippen molar-refractivity contribution in [2.75, 3.05) is 6.54 Å². The van der Waals surface area contributed by atoms with Crippen LogP contribution in [0.4, 0.5) is 0 Å². The number of carbonyl (C=O) groups excluding carboxylic acids is 1. The molecule has 0 saturated heterocycles. The summed E-state index contributed by atoms with van der Waals surface area (Å²) in [5, 5.41) is 6.35. The van der Waals surface area contributed by atoms with Gasteiger partial charge in [0.25, 0.3) is 0 Å². The zero-order chi connectivity index (χ0) is 13.4. The lowest BCUT2D eigenvalue weighted by Crippen LogP contribution is -2.48. The molecule has 2 N–H and O–H groups in total. The highest BCUT2D eigenvalue weighted by Crippen LogP contribution is 2.13. The van der Waals surface area contributed by atoms with Gasteiger partial charge in [0.05, 0.1) is 6.04 Å². The van der Waals surface area contributed by atoms with E-state index < -0.39 is 0 Å². The fraction of sp³-hybridized carbons (Fsp3) is 0.929. The minimum Gasteiger partial charge on any atom is -0.354 e. The molecule has 1 amide bonds. The quantitative estimate of drug-likeness (QED) is 0.687. The van der Waals surface area contributed by atoms with Crippen LogP contribution in [0.5, 0.6) is 0 Å². The largest absolute Gasteiger partial charge is 0.354 e. The van der Waals surface area contributed by atoms with E-state index in [0.717, 1.165) is 19.4 Å². The topological polar surface area (TPSA) is 41.1 Å². The molecular formula is C14H30N2O. The molecule has 0 aliphatic carbocycles. The molecule has 0 radical (unpaired) electrons. The third kappa shape index (κ3) is 6.67. The van der Waals surface area contributed by atoms with Gasteiger partial charge in [-0.05, 0) is 25.7 Å². The lowest BCUT2D eigenvalue weighted by atomic mass is 9.95. The molecular weight excluding hydrogens is 212 g/mol. The Labute approximate surface area is 107 Å². The summed E-state index contributed by atoms with van der Waals surface area (Å²) in [5.74, 6) is 1.26. The normalized spacial score (nSPS) is 15.1. The molecule has 0 spiro atoms. The van der Waals surface area contributed by atoms with Crippen molar-refractivity contribution in [3.8, 4) is 0 Å². The summed E-state index contributed by atoms with van der Waals surface area (Å²) in [6.07, 6.45) is 2.32. The van der Waals surface area contributed by atoms with Crippen LogP contribution in [0.2, 0.25) is 0 Å². The van der Waals surface area contributed by atoms with Gasteiger partial charge in [0, 0.05) is 12.6 Å². The second-order valence-corrected chi connectivity index (χ2v) is 5.39. The summed E-state index contributed by atoms with van der Waals surface area (Å²) in [4.78, 5) is 11.8. The van der Waals surface area contributed by atoms with E-state index in [1.54, 1.807) is 0 Å². The van der Waals surface area contributed by atoms with Crippen LogP contribution in [0.15, 0.2) is 0 Å². The van der Waals surface area contributed by atoms with Gasteiger partial charge >= 0.3 is 0 Å². The SMILES string of the molecule is CCC(CC)C(C)NC(C)C(=O)NCC(C)C. The van der Waals surface area contributed by atoms with E-state index >= 15 is 0 Å². The average Bonchev–Trinajstić information content (AvgIpc) is 2.27. The molecule has 0 aromatic heterocycles. The van der Waals surface area contributed by atoms with Crippen molar-refractivity contribution in [3.05, 3.63) is 0 Å². The Morgan fingerprint density at radius 2 is 1.59 bits per heavy atom. The molecule has 102 valence electrons. The molecule has 0 rings (SSSR count). The number of nitrogens with one attached hydrogen (secondary N) is 2. The zero-order valence-corrected chi connectivity index (χ0v) is 12.3. The smallest absolute Gasteiger partial charge is 0.236 e. The first-order valence-corrected chi connectivity index (χ1v) is 6.96. The Bertz CT molecular complexity index is 212. The molecule has 0 bridgehead atoms. The average molecular weight is 242 g/mol. The van der Waals surface area contributed by atoms with E-state index in [0.29, 0.717) is 17.9 Å². The maximum absolute atomic E-state index is 11.8. The van der Waals surface area contributed by atoms with Gasteiger partial charge in [0.1, 0.15) is 0 Å². The molecule has 17 heavy (non-hydrogen) atoms. The lowest BCUT2D eigenvalue weighted by Gasteiger charge is -2.26. The van der Waals surface area contributed by atoms with E-state index in [1.165, 1.54) is 0 Å². The Balaban J connectivity index is 4.06. The van der Waals surface area contributed by atoms with Crippen molar-refractivity contribution < 1.29 is 4.79 Å². The lowest BCUT2D eigenvalue weighted by molar-refractivity contribution is -0.123. The summed E-state index contributed by atoms with van der Waals surface area (Å²) in [6.45, 7) is 13.5. The Morgan fingerprint density at radius 3 is 2.00 bits per heavy atom. The minimum absolute atomic E-state index is 0.107. The van der Waals surface area contributed by atoms with Crippen molar-refractivity contribution in [2.24, 2.45) is 11.8 Å². The van der Waals surface area contributed by atoms with Crippen molar-refractivity contribution in [2.45, 2.75) is 66.5 Å². The molecule has 0 aromatic carbocycles. The maximum Gasteiger partial charge on any atom is 0.236 e. The van der Waals surface area contributed by atoms with Gasteiger partial charge in [0.15, 0.2) is 0 Å². The first-order chi connectivity index (χ1) is 7.92. The van der Waals surface area contributed by atoms with Gasteiger partial charge in [-0.3, -0.25) is 4.79 Å². The predicted octanol–water partition coefficient (Wildman–Crippen LogP) is 2.56. The van der Waals surface area contributed by atoms with Gasteiger partial charge in [-0.1, -0.05) is 40.5 Å². The second-order valence-electron chi connectivity index (χ2n) is 5.39. The van der Waals surface area contributed by atoms with Gasteiger partial charge in [-0.15, -0.1) is 0 Å². The Hall–Kier alpha value is -0.570. The van der Waals surface area contributed by atoms with E-state index in [4.69, 9.17) is 0 Å². The number of rotatable bonds is 8. The number of carbonyl (C=O) groups is 1. The highest BCUT2D eigenvalue weighted by Gasteiger charge is 2.19. The van der Waals surface area contributed by atoms with Gasteiger partial charge < -0.3 is 10.6 Å². The first-order valence-electron chi connectivity index (χ1n) is 6.96. The van der Waals surface area contributed by atoms with Crippen LogP contribution in [0.3, 0.4) is 0 Å². The Morgan fingerprint density at radius 1 is 1.06 bits per heavy atom. The third-order valence-electron chi connectivity index (χ3n) is 3.35. The predicted molar refractivity (Wildman–Crippen MR) is 74.0 cm³/mol. The highest BCUT2D eigenvalue weighted by molar-refractivity contribution is 5.81. The molecule has 0 aliphatic rings. The minimum atomic E-state index is -0.107. The standard InChI is InChI=1S/C14H30N2O/c1-7-13(8-2)11(5)16-12(6)14(17)15-9-10(3)4/h10-13,16H,7-9H2,1-6H3,(H,15,17). The van der Waals surface area contributed by atoms with E-state index in [1.807, 2.05) is 6.92 Å². The fourth-order valence-corrected chi connectivity index (χ4v) is 2.06. The van der Waals surface area contributed by atoms with Crippen LogP contribution in [0.25, 0.3) is 0 Å². The van der Waals surface area contributed by atoms with Crippen LogP contribution in [-0.4, -0.2) is 24.5 Å². The summed E-state index contributed by atoms with van der Waals surface area (Å²) in [6, 6.07) is 0.286. The third-order valence-corrected chi connectivity index (χ3v) is 3.35. The van der Waals surface area contributed by atoms with Crippen LogP contribution >= 0.6 is 0 Å². The van der Waals surface area contributed by atoms with E-state index in [2.05, 4.69) is 45.3 Å². The summed E-state index contributed by atoms with van der Waals surface area (Å²) in [7, 11) is 0. The molecule has 2 unspecified atom stereocenters. The molecule has 0 aliphatic heterocycles. The fourth-order valence-electron chi connectivity index (χ4n) is 2.06. The molecule has 0 fully saturated rings. The second kappa shape index (κ2) is 8.51. The molecule has 0 heterocycles. The van der Waals surface area contributed by atoms with Crippen LogP contribution in [0.1, 0.15) is 54.4 Å². The van der Waals surface area contributed by atoms with Gasteiger partial charge in [0.2, 0.25) is 5.91 Å².